The molecule has 2 amide bonds. The van der Waals surface area contributed by atoms with Gasteiger partial charge >= 0.3 is 5.97 Å². The van der Waals surface area contributed by atoms with Crippen molar-refractivity contribution in [3.05, 3.63) is 46.1 Å². The standard InChI is InChI=1S/C23H28FN3O4S/c1-4-31-23(30)21-17-10-5-14(2)11-18(17)32-22(21)26-20(29)13-27(3)12-19(28)25-16-8-6-15(24)7-9-16/h6-9,14H,4-5,10-13H2,1-3H3,(H,25,28)(H,26,29). The number of likely N-dealkylation sites (N-methyl/N-ethyl adjacent to an activating group) is 1. The number of carbonyl (C=O) groups excluding carboxylic acids is 3. The number of benzene rings is 1. The predicted molar refractivity (Wildman–Crippen MR) is 123 cm³/mol. The number of carbonyl (C=O) groups is 3. The van der Waals surface area contributed by atoms with E-state index in [0.717, 1.165) is 29.7 Å². The molecule has 1 aliphatic rings. The van der Waals surface area contributed by atoms with Crippen molar-refractivity contribution in [2.45, 2.75) is 33.1 Å². The molecule has 1 unspecified atom stereocenters. The van der Waals surface area contributed by atoms with Crippen LogP contribution in [0, 0.1) is 11.7 Å². The summed E-state index contributed by atoms with van der Waals surface area (Å²) in [6, 6.07) is 5.46. The molecular formula is C23H28FN3O4S. The smallest absolute Gasteiger partial charge is 0.341 e. The third kappa shape index (κ3) is 6.14. The molecule has 3 rings (SSSR count). The van der Waals surface area contributed by atoms with Gasteiger partial charge < -0.3 is 15.4 Å². The number of rotatable bonds is 8. The number of ether oxygens (including phenoxy) is 1. The Hall–Kier alpha value is -2.78. The number of anilines is 2. The van der Waals surface area contributed by atoms with E-state index >= 15 is 0 Å². The van der Waals surface area contributed by atoms with E-state index in [0.29, 0.717) is 22.2 Å². The second-order valence-corrected chi connectivity index (χ2v) is 9.16. The Morgan fingerprint density at radius 2 is 1.81 bits per heavy atom. The van der Waals surface area contributed by atoms with E-state index in [1.54, 1.807) is 18.9 Å². The van der Waals surface area contributed by atoms with Gasteiger partial charge in [-0.3, -0.25) is 14.5 Å². The summed E-state index contributed by atoms with van der Waals surface area (Å²) in [6.07, 6.45) is 2.67. The van der Waals surface area contributed by atoms with E-state index in [4.69, 9.17) is 4.74 Å². The summed E-state index contributed by atoms with van der Waals surface area (Å²) in [5.74, 6) is -0.907. The number of halogens is 1. The molecule has 7 nitrogen and oxygen atoms in total. The lowest BCUT2D eigenvalue weighted by Gasteiger charge is -2.18. The predicted octanol–water partition coefficient (Wildman–Crippen LogP) is 3.70. The zero-order valence-corrected chi connectivity index (χ0v) is 19.3. The van der Waals surface area contributed by atoms with E-state index in [9.17, 15) is 18.8 Å². The molecule has 1 atom stereocenters. The van der Waals surface area contributed by atoms with Crippen molar-refractivity contribution >= 4 is 39.8 Å². The Morgan fingerprint density at radius 3 is 2.47 bits per heavy atom. The Morgan fingerprint density at radius 1 is 1.16 bits per heavy atom. The van der Waals surface area contributed by atoms with Crippen LogP contribution in [-0.2, 0) is 27.2 Å². The van der Waals surface area contributed by atoms with Crippen LogP contribution in [0.15, 0.2) is 24.3 Å². The topological polar surface area (TPSA) is 87.7 Å². The number of nitrogens with zero attached hydrogens (tertiary/aromatic N) is 1. The maximum atomic E-state index is 13.0. The highest BCUT2D eigenvalue weighted by Crippen LogP contribution is 2.40. The first-order chi connectivity index (χ1) is 15.3. The summed E-state index contributed by atoms with van der Waals surface area (Å²) in [7, 11) is 1.65. The van der Waals surface area contributed by atoms with Crippen LogP contribution in [0.1, 0.15) is 41.1 Å². The molecule has 32 heavy (non-hydrogen) atoms. The molecular weight excluding hydrogens is 433 g/mol. The first-order valence-corrected chi connectivity index (χ1v) is 11.4. The number of nitrogens with one attached hydrogen (secondary N) is 2. The second-order valence-electron chi connectivity index (χ2n) is 8.05. The number of fused-ring (bicyclic) bond motifs is 1. The van der Waals surface area contributed by atoms with Crippen LogP contribution >= 0.6 is 11.3 Å². The van der Waals surface area contributed by atoms with E-state index < -0.39 is 5.97 Å². The summed E-state index contributed by atoms with van der Waals surface area (Å²) in [5.41, 5.74) is 1.92. The van der Waals surface area contributed by atoms with Crippen molar-refractivity contribution in [1.82, 2.24) is 4.90 Å². The van der Waals surface area contributed by atoms with E-state index in [2.05, 4.69) is 17.6 Å². The number of hydrogen-bond acceptors (Lipinski definition) is 6. The number of amides is 2. The summed E-state index contributed by atoms with van der Waals surface area (Å²) in [6.45, 7) is 4.14. The van der Waals surface area contributed by atoms with Gasteiger partial charge in [0.15, 0.2) is 0 Å². The molecule has 1 heterocycles. The molecule has 2 N–H and O–H groups in total. The van der Waals surface area contributed by atoms with Gasteiger partial charge in [0.05, 0.1) is 25.3 Å². The fraction of sp³-hybridized carbons (Fsp3) is 0.435. The van der Waals surface area contributed by atoms with Crippen LogP contribution in [-0.4, -0.2) is 49.4 Å². The highest BCUT2D eigenvalue weighted by molar-refractivity contribution is 7.17. The number of hydrogen-bond donors (Lipinski definition) is 2. The monoisotopic (exact) mass is 461 g/mol. The minimum absolute atomic E-state index is 0.0199. The molecule has 1 aromatic carbocycles. The maximum absolute atomic E-state index is 13.0. The molecule has 1 aliphatic carbocycles. The van der Waals surface area contributed by atoms with E-state index in [1.165, 1.54) is 35.6 Å². The van der Waals surface area contributed by atoms with E-state index in [-0.39, 0.29) is 37.3 Å². The first-order valence-electron chi connectivity index (χ1n) is 10.6. The maximum Gasteiger partial charge on any atom is 0.341 e. The molecule has 0 saturated heterocycles. The van der Waals surface area contributed by atoms with E-state index in [1.807, 2.05) is 0 Å². The van der Waals surface area contributed by atoms with Gasteiger partial charge in [0, 0.05) is 10.6 Å². The van der Waals surface area contributed by atoms with Crippen LogP contribution in [0.25, 0.3) is 0 Å². The molecule has 2 aromatic rings. The Kier molecular flexibility index (Phi) is 7.98. The average Bonchev–Trinajstić information content (AvgIpc) is 3.06. The van der Waals surface area contributed by atoms with Crippen molar-refractivity contribution in [2.75, 3.05) is 37.4 Å². The molecule has 0 fully saturated rings. The lowest BCUT2D eigenvalue weighted by atomic mass is 9.88. The van der Waals surface area contributed by atoms with Gasteiger partial charge in [-0.1, -0.05) is 6.92 Å². The van der Waals surface area contributed by atoms with Gasteiger partial charge in [-0.15, -0.1) is 11.3 Å². The van der Waals surface area contributed by atoms with Crippen molar-refractivity contribution in [3.63, 3.8) is 0 Å². The molecule has 172 valence electrons. The van der Waals surface area contributed by atoms with Gasteiger partial charge in [0.1, 0.15) is 10.8 Å². The highest BCUT2D eigenvalue weighted by atomic mass is 32.1. The average molecular weight is 462 g/mol. The summed E-state index contributed by atoms with van der Waals surface area (Å²) in [5, 5.41) is 6.02. The fourth-order valence-corrected chi connectivity index (χ4v) is 5.12. The zero-order chi connectivity index (χ0) is 23.3. The number of thiophene rings is 1. The molecule has 0 bridgehead atoms. The SMILES string of the molecule is CCOC(=O)c1c(NC(=O)CN(C)CC(=O)Nc2ccc(F)cc2)sc2c1CCC(C)C2. The van der Waals surface area contributed by atoms with Gasteiger partial charge in [-0.05, 0) is 69.0 Å². The zero-order valence-electron chi connectivity index (χ0n) is 18.5. The Bertz CT molecular complexity index is 990. The molecule has 1 aromatic heterocycles. The number of esters is 1. The minimum atomic E-state index is -0.415. The van der Waals surface area contributed by atoms with Crippen LogP contribution in [0.4, 0.5) is 15.1 Å². The van der Waals surface area contributed by atoms with Crippen LogP contribution < -0.4 is 10.6 Å². The van der Waals surface area contributed by atoms with Gasteiger partial charge in [-0.2, -0.15) is 0 Å². The summed E-state index contributed by atoms with van der Waals surface area (Å²) >= 11 is 1.43. The quantitative estimate of drug-likeness (QED) is 0.586. The molecule has 0 aliphatic heterocycles. The Labute approximate surface area is 190 Å². The van der Waals surface area contributed by atoms with Crippen molar-refractivity contribution in [2.24, 2.45) is 5.92 Å². The normalized spacial score (nSPS) is 15.2. The molecule has 0 saturated carbocycles. The minimum Gasteiger partial charge on any atom is -0.462 e. The first kappa shape index (κ1) is 23.9. The van der Waals surface area contributed by atoms with Crippen LogP contribution in [0.2, 0.25) is 0 Å². The fourth-order valence-electron chi connectivity index (χ4n) is 3.70. The largest absolute Gasteiger partial charge is 0.462 e. The highest BCUT2D eigenvalue weighted by Gasteiger charge is 2.29. The van der Waals surface area contributed by atoms with Gasteiger partial charge in [0.25, 0.3) is 0 Å². The molecule has 0 radical (unpaired) electrons. The Balaban J connectivity index is 1.61. The van der Waals surface area contributed by atoms with Crippen molar-refractivity contribution < 1.29 is 23.5 Å². The lowest BCUT2D eigenvalue weighted by molar-refractivity contribution is -0.119. The van der Waals surface area contributed by atoms with Crippen molar-refractivity contribution in [1.29, 1.82) is 0 Å². The van der Waals surface area contributed by atoms with Gasteiger partial charge in [0.2, 0.25) is 11.8 Å². The molecule has 0 spiro atoms. The van der Waals surface area contributed by atoms with Crippen molar-refractivity contribution in [3.8, 4) is 0 Å². The van der Waals surface area contributed by atoms with Crippen LogP contribution in [0.3, 0.4) is 0 Å². The van der Waals surface area contributed by atoms with Crippen LogP contribution in [0.5, 0.6) is 0 Å². The summed E-state index contributed by atoms with van der Waals surface area (Å²) < 4.78 is 18.2. The third-order valence-electron chi connectivity index (χ3n) is 5.20. The third-order valence-corrected chi connectivity index (χ3v) is 6.37. The van der Waals surface area contributed by atoms with Gasteiger partial charge in [-0.25, -0.2) is 9.18 Å². The second kappa shape index (κ2) is 10.7. The summed E-state index contributed by atoms with van der Waals surface area (Å²) in [4.78, 5) is 40.1. The molecule has 9 heteroatoms. The lowest BCUT2D eigenvalue weighted by Crippen LogP contribution is -2.36.